The molecule has 12 nitrogen and oxygen atoms in total. The second-order valence-electron chi connectivity index (χ2n) is 11.8. The molecule has 15 heteroatoms. The summed E-state index contributed by atoms with van der Waals surface area (Å²) in [6.07, 6.45) is 4.86. The van der Waals surface area contributed by atoms with Crippen LogP contribution in [0.1, 0.15) is 55.1 Å². The van der Waals surface area contributed by atoms with Crippen molar-refractivity contribution >= 4 is 16.9 Å². The number of ether oxygens (including phenoxy) is 1. The highest BCUT2D eigenvalue weighted by Gasteiger charge is 2.48. The number of fused-ring (bicyclic) bond motifs is 1. The number of hydrogen-bond donors (Lipinski definition) is 3. The van der Waals surface area contributed by atoms with Crippen molar-refractivity contribution in [2.45, 2.75) is 68.9 Å². The molecular weight excluding hydrogens is 591 g/mol. The Morgan fingerprint density at radius 2 is 2.04 bits per heavy atom. The number of aromatic nitrogens is 6. The van der Waals surface area contributed by atoms with Crippen LogP contribution in [0.2, 0.25) is 0 Å². The summed E-state index contributed by atoms with van der Waals surface area (Å²) < 4.78 is 48.4. The summed E-state index contributed by atoms with van der Waals surface area (Å²) in [6, 6.07) is 5.71. The first-order valence-corrected chi connectivity index (χ1v) is 14.7. The molecule has 0 spiro atoms. The van der Waals surface area contributed by atoms with Crippen LogP contribution < -0.4 is 10.1 Å². The molecule has 2 fully saturated rings. The zero-order valence-corrected chi connectivity index (χ0v) is 24.5. The van der Waals surface area contributed by atoms with Crippen LogP contribution in [0.3, 0.4) is 0 Å². The molecule has 45 heavy (non-hydrogen) atoms. The summed E-state index contributed by atoms with van der Waals surface area (Å²) in [5.74, 6) is -1.02. The quantitative estimate of drug-likeness (QED) is 0.253. The number of alkyl halides is 3. The molecule has 0 radical (unpaired) electrons. The van der Waals surface area contributed by atoms with E-state index in [-0.39, 0.29) is 30.2 Å². The fraction of sp³-hybridized carbons (Fsp3) is 0.467. The van der Waals surface area contributed by atoms with Gasteiger partial charge >= 0.3 is 6.18 Å². The van der Waals surface area contributed by atoms with Gasteiger partial charge in [-0.2, -0.15) is 23.5 Å². The number of rotatable bonds is 9. The Morgan fingerprint density at radius 1 is 1.27 bits per heavy atom. The van der Waals surface area contributed by atoms with E-state index in [0.29, 0.717) is 38.4 Å². The van der Waals surface area contributed by atoms with E-state index in [0.717, 1.165) is 35.1 Å². The lowest BCUT2D eigenvalue weighted by molar-refractivity contribution is -0.141. The minimum atomic E-state index is -4.76. The SMILES string of the molecule is C[C@@H](CO)NC(=O)c1cc(O[C@H]2CC[C@@H](N3CC(CC#N)(n4cc(-c5ncnc6[nH]ccc56)cn4)C3)CC2)nc(C(F)(F)F)c1. The highest BCUT2D eigenvalue weighted by Crippen LogP contribution is 2.39. The first kappa shape index (κ1) is 30.5. The molecule has 2 aliphatic rings. The van der Waals surface area contributed by atoms with E-state index in [9.17, 15) is 28.3 Å². The number of aromatic amines is 1. The lowest BCUT2D eigenvalue weighted by atomic mass is 9.82. The van der Waals surface area contributed by atoms with Crippen molar-refractivity contribution in [3.63, 3.8) is 0 Å². The maximum absolute atomic E-state index is 13.6. The van der Waals surface area contributed by atoms with E-state index in [1.807, 2.05) is 16.9 Å². The van der Waals surface area contributed by atoms with Crippen LogP contribution in [0, 0.1) is 11.3 Å². The Bertz CT molecular complexity index is 1720. The topological polar surface area (TPSA) is 158 Å². The number of nitrogens with zero attached hydrogens (tertiary/aromatic N) is 7. The van der Waals surface area contributed by atoms with Crippen molar-refractivity contribution in [3.8, 4) is 23.2 Å². The molecule has 0 bridgehead atoms. The third-order valence-electron chi connectivity index (χ3n) is 8.55. The molecule has 4 aromatic rings. The normalized spacial score (nSPS) is 20.7. The number of nitriles is 1. The number of nitrogens with one attached hydrogen (secondary N) is 2. The van der Waals surface area contributed by atoms with E-state index in [2.05, 4.69) is 41.3 Å². The predicted molar refractivity (Wildman–Crippen MR) is 155 cm³/mol. The van der Waals surface area contributed by atoms with Gasteiger partial charge in [0.2, 0.25) is 5.88 Å². The average Bonchev–Trinajstić information content (AvgIpc) is 3.69. The Labute approximate surface area is 256 Å². The number of H-pyrrole nitrogens is 1. The molecule has 1 atom stereocenters. The van der Waals surface area contributed by atoms with Gasteiger partial charge in [0.05, 0.1) is 31.0 Å². The van der Waals surface area contributed by atoms with Crippen molar-refractivity contribution in [1.29, 1.82) is 5.26 Å². The molecule has 4 aromatic heterocycles. The highest BCUT2D eigenvalue weighted by atomic mass is 19.4. The van der Waals surface area contributed by atoms with Gasteiger partial charge in [-0.15, -0.1) is 0 Å². The smallest absolute Gasteiger partial charge is 0.433 e. The Morgan fingerprint density at radius 3 is 2.76 bits per heavy atom. The number of likely N-dealkylation sites (tertiary alicyclic amines) is 1. The summed E-state index contributed by atoms with van der Waals surface area (Å²) in [4.78, 5) is 30.2. The van der Waals surface area contributed by atoms with Gasteiger partial charge in [0.25, 0.3) is 5.91 Å². The summed E-state index contributed by atoms with van der Waals surface area (Å²) in [6.45, 7) is 2.46. The number of aliphatic hydroxyl groups is 1. The molecule has 5 heterocycles. The van der Waals surface area contributed by atoms with E-state index in [1.54, 1.807) is 12.4 Å². The molecule has 6 rings (SSSR count). The highest BCUT2D eigenvalue weighted by molar-refractivity contribution is 5.94. The minimum Gasteiger partial charge on any atom is -0.474 e. The summed E-state index contributed by atoms with van der Waals surface area (Å²) in [5.41, 5.74) is 0.394. The van der Waals surface area contributed by atoms with Crippen molar-refractivity contribution in [1.82, 2.24) is 39.9 Å². The number of halogens is 3. The minimum absolute atomic E-state index is 0.226. The fourth-order valence-corrected chi connectivity index (χ4v) is 6.15. The molecule has 1 aliphatic heterocycles. The third-order valence-corrected chi connectivity index (χ3v) is 8.55. The van der Waals surface area contributed by atoms with Gasteiger partial charge in [-0.05, 0) is 44.7 Å². The van der Waals surface area contributed by atoms with Crippen LogP contribution in [0.25, 0.3) is 22.3 Å². The molecule has 0 unspecified atom stereocenters. The van der Waals surface area contributed by atoms with Crippen LogP contribution in [0.15, 0.2) is 43.1 Å². The van der Waals surface area contributed by atoms with Crippen LogP contribution in [0.5, 0.6) is 5.88 Å². The van der Waals surface area contributed by atoms with Gasteiger partial charge in [0.15, 0.2) is 0 Å². The van der Waals surface area contributed by atoms with Crippen molar-refractivity contribution in [3.05, 3.63) is 54.4 Å². The molecule has 1 saturated carbocycles. The standard InChI is InChI=1S/C30H32F3N9O3/c1-18(14-43)39-28(44)19-10-24(30(31,32)33)40-25(11-19)45-22-4-2-21(3-5-22)41-15-29(16-41,7-8-34)42-13-20(12-38-42)26-23-6-9-35-27(23)37-17-36-26/h6,9-13,17-18,21-22,43H,2-5,7,14-16H2,1H3,(H,39,44)(H,35,36,37)/t18-,21-,22+/m0/s1. The number of hydrogen-bond acceptors (Lipinski definition) is 9. The van der Waals surface area contributed by atoms with E-state index in [4.69, 9.17) is 4.74 Å². The van der Waals surface area contributed by atoms with Crippen LogP contribution >= 0.6 is 0 Å². The summed E-state index contributed by atoms with van der Waals surface area (Å²) >= 11 is 0. The van der Waals surface area contributed by atoms with Gasteiger partial charge < -0.3 is 20.1 Å². The van der Waals surface area contributed by atoms with Crippen LogP contribution in [-0.4, -0.2) is 83.5 Å². The molecule has 0 aromatic carbocycles. The molecular formula is C30H32F3N9O3. The first-order chi connectivity index (χ1) is 21.6. The zero-order chi connectivity index (χ0) is 31.8. The van der Waals surface area contributed by atoms with Gasteiger partial charge in [0.1, 0.15) is 29.3 Å². The van der Waals surface area contributed by atoms with Crippen LogP contribution in [0.4, 0.5) is 13.2 Å². The molecule has 1 saturated heterocycles. The van der Waals surface area contributed by atoms with Crippen molar-refractivity contribution in [2.75, 3.05) is 19.7 Å². The van der Waals surface area contributed by atoms with Gasteiger partial charge in [0, 0.05) is 60.1 Å². The Balaban J connectivity index is 1.09. The summed E-state index contributed by atoms with van der Waals surface area (Å²) in [7, 11) is 0. The number of amides is 1. The van der Waals surface area contributed by atoms with Gasteiger partial charge in [-0.1, -0.05) is 0 Å². The molecule has 1 aliphatic carbocycles. The van der Waals surface area contributed by atoms with Crippen molar-refractivity contribution in [2.24, 2.45) is 0 Å². The lowest BCUT2D eigenvalue weighted by Crippen LogP contribution is -2.65. The second kappa shape index (κ2) is 12.1. The Kier molecular flexibility index (Phi) is 8.19. The average molecular weight is 624 g/mol. The van der Waals surface area contributed by atoms with E-state index in [1.165, 1.54) is 19.3 Å². The second-order valence-corrected chi connectivity index (χ2v) is 11.8. The number of carbonyl (C=O) groups excluding carboxylic acids is 1. The van der Waals surface area contributed by atoms with Crippen molar-refractivity contribution < 1.29 is 27.8 Å². The molecule has 1 amide bonds. The lowest BCUT2D eigenvalue weighted by Gasteiger charge is -2.53. The third kappa shape index (κ3) is 6.20. The molecule has 236 valence electrons. The fourth-order valence-electron chi connectivity index (χ4n) is 6.15. The van der Waals surface area contributed by atoms with E-state index >= 15 is 0 Å². The monoisotopic (exact) mass is 623 g/mol. The first-order valence-electron chi connectivity index (χ1n) is 14.7. The van der Waals surface area contributed by atoms with E-state index < -0.39 is 29.4 Å². The largest absolute Gasteiger partial charge is 0.474 e. The zero-order valence-electron chi connectivity index (χ0n) is 24.5. The van der Waals surface area contributed by atoms with Gasteiger partial charge in [-0.3, -0.25) is 14.4 Å². The number of pyridine rings is 1. The maximum atomic E-state index is 13.6. The molecule has 3 N–H and O–H groups in total. The van der Waals surface area contributed by atoms with Gasteiger partial charge in [-0.25, -0.2) is 15.0 Å². The predicted octanol–water partition coefficient (Wildman–Crippen LogP) is 3.66. The summed E-state index contributed by atoms with van der Waals surface area (Å²) in [5, 5.41) is 26.8. The Hall–Kier alpha value is -4.55. The number of carbonyl (C=O) groups is 1. The maximum Gasteiger partial charge on any atom is 0.433 e. The number of aliphatic hydroxyl groups excluding tert-OH is 1. The van der Waals surface area contributed by atoms with Crippen LogP contribution in [-0.2, 0) is 11.7 Å².